The summed E-state index contributed by atoms with van der Waals surface area (Å²) in [6, 6.07) is 18.6. The number of thioether (sulfide) groups is 1. The zero-order valence-electron chi connectivity index (χ0n) is 15.4. The van der Waals surface area contributed by atoms with Crippen LogP contribution in [-0.4, -0.2) is 20.1 Å². The summed E-state index contributed by atoms with van der Waals surface area (Å²) in [6.45, 7) is 0. The van der Waals surface area contributed by atoms with Gasteiger partial charge in [-0.1, -0.05) is 59.8 Å². The molecule has 3 aromatic rings. The molecular formula is C21H16ClF2NO3S2. The largest absolute Gasteiger partial charge is 0.321 e. The van der Waals surface area contributed by atoms with Crippen LogP contribution in [0.5, 0.6) is 0 Å². The monoisotopic (exact) mass is 467 g/mol. The number of nitrogens with one attached hydrogen (secondary N) is 1. The number of alkyl halides is 2. The van der Waals surface area contributed by atoms with Gasteiger partial charge in [0.15, 0.2) is 9.84 Å². The lowest BCUT2D eigenvalue weighted by atomic mass is 10.1. The van der Waals surface area contributed by atoms with Gasteiger partial charge in [0.25, 0.3) is 11.7 Å². The number of carbonyl (C=O) groups excluding carboxylic acids is 1. The molecule has 9 heteroatoms. The van der Waals surface area contributed by atoms with E-state index in [1.807, 2.05) is 0 Å². The summed E-state index contributed by atoms with van der Waals surface area (Å²) in [6.07, 6.45) is 0. The molecule has 0 aromatic heterocycles. The number of benzene rings is 3. The van der Waals surface area contributed by atoms with Crippen molar-refractivity contribution in [2.75, 3.05) is 5.32 Å². The predicted octanol–water partition coefficient (Wildman–Crippen LogP) is 5.88. The number of sulfone groups is 1. The van der Waals surface area contributed by atoms with Crippen molar-refractivity contribution < 1.29 is 22.0 Å². The second-order valence-corrected chi connectivity index (χ2v) is 9.62. The highest BCUT2D eigenvalue weighted by Gasteiger charge is 2.18. The highest BCUT2D eigenvalue weighted by Crippen LogP contribution is 2.37. The van der Waals surface area contributed by atoms with Crippen LogP contribution in [-0.2, 0) is 15.6 Å². The predicted molar refractivity (Wildman–Crippen MR) is 115 cm³/mol. The molecule has 3 rings (SSSR count). The molecule has 1 N–H and O–H groups in total. The zero-order chi connectivity index (χ0) is 21.7. The van der Waals surface area contributed by atoms with Crippen LogP contribution in [0, 0.1) is 0 Å². The summed E-state index contributed by atoms with van der Waals surface area (Å²) >= 11 is 6.23. The standard InChI is InChI=1S/C21H16ClF2NO3S2/c22-17-10-5-11-18(19(17)29-21(23)24)25-20(26)15-7-4-6-14(12-15)13-30(27,28)16-8-2-1-3-9-16/h1-12,21H,13H2,(H,25,26). The zero-order valence-corrected chi connectivity index (χ0v) is 17.8. The smallest absolute Gasteiger partial charge is 0.289 e. The van der Waals surface area contributed by atoms with Gasteiger partial charge in [0.05, 0.1) is 26.3 Å². The maximum absolute atomic E-state index is 12.8. The highest BCUT2D eigenvalue weighted by atomic mass is 35.5. The molecule has 0 unspecified atom stereocenters. The van der Waals surface area contributed by atoms with Gasteiger partial charge in [-0.05, 0) is 42.0 Å². The number of hydrogen-bond donors (Lipinski definition) is 1. The molecule has 1 amide bonds. The van der Waals surface area contributed by atoms with Gasteiger partial charge in [0.2, 0.25) is 0 Å². The van der Waals surface area contributed by atoms with E-state index in [4.69, 9.17) is 11.6 Å². The summed E-state index contributed by atoms with van der Waals surface area (Å²) in [5.74, 6) is -3.54. The minimum absolute atomic E-state index is 0.0605. The summed E-state index contributed by atoms with van der Waals surface area (Å²) in [5.41, 5.74) is 0.781. The Morgan fingerprint density at radius 3 is 2.40 bits per heavy atom. The van der Waals surface area contributed by atoms with Crippen molar-refractivity contribution in [1.82, 2.24) is 0 Å². The molecule has 0 aliphatic rings. The van der Waals surface area contributed by atoms with E-state index in [9.17, 15) is 22.0 Å². The summed E-state index contributed by atoms with van der Waals surface area (Å²) < 4.78 is 50.8. The molecule has 30 heavy (non-hydrogen) atoms. The van der Waals surface area contributed by atoms with Crippen molar-refractivity contribution in [2.45, 2.75) is 21.3 Å². The van der Waals surface area contributed by atoms with E-state index in [0.717, 1.165) is 0 Å². The first-order valence-corrected chi connectivity index (χ1v) is 11.6. The van der Waals surface area contributed by atoms with E-state index in [1.54, 1.807) is 30.3 Å². The Morgan fingerprint density at radius 1 is 1.00 bits per heavy atom. The van der Waals surface area contributed by atoms with Crippen molar-refractivity contribution >= 4 is 44.8 Å². The fraction of sp³-hybridized carbons (Fsp3) is 0.0952. The lowest BCUT2D eigenvalue weighted by molar-refractivity contribution is 0.102. The maximum Gasteiger partial charge on any atom is 0.289 e. The molecule has 0 saturated carbocycles. The molecule has 0 spiro atoms. The number of hydrogen-bond acceptors (Lipinski definition) is 4. The highest BCUT2D eigenvalue weighted by molar-refractivity contribution is 7.99. The normalized spacial score (nSPS) is 11.5. The van der Waals surface area contributed by atoms with Gasteiger partial charge in [0, 0.05) is 5.56 Å². The summed E-state index contributed by atoms with van der Waals surface area (Å²) in [7, 11) is -3.58. The van der Waals surface area contributed by atoms with Gasteiger partial charge in [-0.15, -0.1) is 0 Å². The molecule has 156 valence electrons. The first-order valence-electron chi connectivity index (χ1n) is 8.68. The Hall–Kier alpha value is -2.42. The van der Waals surface area contributed by atoms with Gasteiger partial charge in [0.1, 0.15) is 0 Å². The molecule has 0 saturated heterocycles. The number of halogens is 3. The van der Waals surface area contributed by atoms with Crippen molar-refractivity contribution in [1.29, 1.82) is 0 Å². The molecule has 0 atom stereocenters. The van der Waals surface area contributed by atoms with Crippen molar-refractivity contribution in [3.8, 4) is 0 Å². The minimum Gasteiger partial charge on any atom is -0.321 e. The van der Waals surface area contributed by atoms with Crippen LogP contribution in [0.3, 0.4) is 0 Å². The number of amides is 1. The topological polar surface area (TPSA) is 63.2 Å². The average molecular weight is 468 g/mol. The first kappa shape index (κ1) is 22.3. The quantitative estimate of drug-likeness (QED) is 0.441. The second-order valence-electron chi connectivity index (χ2n) is 6.22. The first-order chi connectivity index (χ1) is 14.3. The molecule has 3 aromatic carbocycles. The average Bonchev–Trinajstić information content (AvgIpc) is 2.71. The van der Waals surface area contributed by atoms with Crippen LogP contribution in [0.4, 0.5) is 14.5 Å². The van der Waals surface area contributed by atoms with Crippen LogP contribution < -0.4 is 5.32 Å². The number of carbonyl (C=O) groups is 1. The third kappa shape index (κ3) is 5.59. The molecule has 0 fully saturated rings. The Kier molecular flexibility index (Phi) is 7.12. The number of anilines is 1. The van der Waals surface area contributed by atoms with Crippen LogP contribution in [0.1, 0.15) is 15.9 Å². The molecule has 0 aliphatic carbocycles. The SMILES string of the molecule is O=C(Nc1cccc(Cl)c1SC(F)F)c1cccc(CS(=O)(=O)c2ccccc2)c1. The lowest BCUT2D eigenvalue weighted by Gasteiger charge is -2.12. The van der Waals surface area contributed by atoms with Crippen LogP contribution in [0.25, 0.3) is 0 Å². The molecule has 0 bridgehead atoms. The van der Waals surface area contributed by atoms with Gasteiger partial charge in [-0.2, -0.15) is 8.78 Å². The summed E-state index contributed by atoms with van der Waals surface area (Å²) in [4.78, 5) is 12.9. The van der Waals surface area contributed by atoms with Gasteiger partial charge < -0.3 is 5.32 Å². The Bertz CT molecular complexity index is 1160. The van der Waals surface area contributed by atoms with Crippen molar-refractivity contribution in [3.63, 3.8) is 0 Å². The minimum atomic E-state index is -3.58. The third-order valence-electron chi connectivity index (χ3n) is 4.07. The van der Waals surface area contributed by atoms with E-state index in [-0.39, 0.29) is 43.6 Å². The van der Waals surface area contributed by atoms with E-state index < -0.39 is 21.5 Å². The van der Waals surface area contributed by atoms with E-state index in [1.165, 1.54) is 42.5 Å². The van der Waals surface area contributed by atoms with Crippen LogP contribution >= 0.6 is 23.4 Å². The van der Waals surface area contributed by atoms with Gasteiger partial charge >= 0.3 is 0 Å². The van der Waals surface area contributed by atoms with Crippen molar-refractivity contribution in [3.05, 3.63) is 88.9 Å². The van der Waals surface area contributed by atoms with E-state index in [2.05, 4.69) is 5.32 Å². The molecule has 0 aliphatic heterocycles. The third-order valence-corrected chi connectivity index (χ3v) is 7.05. The fourth-order valence-electron chi connectivity index (χ4n) is 2.74. The molecular weight excluding hydrogens is 452 g/mol. The molecule has 0 radical (unpaired) electrons. The fourth-order valence-corrected chi connectivity index (χ4v) is 5.01. The second kappa shape index (κ2) is 9.59. The number of rotatable bonds is 7. The van der Waals surface area contributed by atoms with Crippen LogP contribution in [0.15, 0.2) is 82.6 Å². The van der Waals surface area contributed by atoms with E-state index in [0.29, 0.717) is 5.56 Å². The van der Waals surface area contributed by atoms with Crippen molar-refractivity contribution in [2.24, 2.45) is 0 Å². The van der Waals surface area contributed by atoms with Gasteiger partial charge in [-0.3, -0.25) is 4.79 Å². The molecule has 4 nitrogen and oxygen atoms in total. The Labute approximate surface area is 182 Å². The molecule has 0 heterocycles. The van der Waals surface area contributed by atoms with E-state index >= 15 is 0 Å². The van der Waals surface area contributed by atoms with Gasteiger partial charge in [-0.25, -0.2) is 8.42 Å². The Balaban J connectivity index is 1.82. The maximum atomic E-state index is 12.8. The lowest BCUT2D eigenvalue weighted by Crippen LogP contribution is -2.13. The van der Waals surface area contributed by atoms with Crippen LogP contribution in [0.2, 0.25) is 5.02 Å². The Morgan fingerprint density at radius 2 is 1.70 bits per heavy atom. The summed E-state index contributed by atoms with van der Waals surface area (Å²) in [5, 5.41) is 2.67.